The molecule has 0 atom stereocenters. The highest BCUT2D eigenvalue weighted by atomic mass is 19.1. The molecular formula is C19H13FN4O. The minimum absolute atomic E-state index is 0.186. The van der Waals surface area contributed by atoms with Crippen LogP contribution in [0.15, 0.2) is 66.9 Å². The predicted molar refractivity (Wildman–Crippen MR) is 93.0 cm³/mol. The number of nitriles is 1. The van der Waals surface area contributed by atoms with E-state index >= 15 is 0 Å². The van der Waals surface area contributed by atoms with Crippen molar-refractivity contribution in [2.24, 2.45) is 0 Å². The topological polar surface area (TPSA) is 77.8 Å². The smallest absolute Gasteiger partial charge is 0.274 e. The van der Waals surface area contributed by atoms with Crippen LogP contribution < -0.4 is 10.6 Å². The lowest BCUT2D eigenvalue weighted by Crippen LogP contribution is -2.13. The molecule has 0 aliphatic heterocycles. The van der Waals surface area contributed by atoms with Crippen LogP contribution in [0.5, 0.6) is 0 Å². The van der Waals surface area contributed by atoms with Crippen molar-refractivity contribution in [3.05, 3.63) is 83.9 Å². The highest BCUT2D eigenvalue weighted by molar-refractivity contribution is 6.03. The van der Waals surface area contributed by atoms with Gasteiger partial charge in [0.15, 0.2) is 0 Å². The van der Waals surface area contributed by atoms with Gasteiger partial charge < -0.3 is 10.6 Å². The summed E-state index contributed by atoms with van der Waals surface area (Å²) in [4.78, 5) is 16.3. The third-order valence-corrected chi connectivity index (χ3v) is 3.36. The lowest BCUT2D eigenvalue weighted by Gasteiger charge is -2.09. The normalized spacial score (nSPS) is 9.92. The summed E-state index contributed by atoms with van der Waals surface area (Å²) in [6, 6.07) is 18.0. The van der Waals surface area contributed by atoms with Gasteiger partial charge in [0.2, 0.25) is 0 Å². The minimum atomic E-state index is -0.444. The monoisotopic (exact) mass is 332 g/mol. The van der Waals surface area contributed by atoms with Crippen LogP contribution in [0.2, 0.25) is 0 Å². The molecule has 0 bridgehead atoms. The van der Waals surface area contributed by atoms with Gasteiger partial charge in [0.25, 0.3) is 5.91 Å². The Hall–Kier alpha value is -3.72. The lowest BCUT2D eigenvalue weighted by molar-refractivity contribution is 0.102. The Morgan fingerprint density at radius 2 is 1.76 bits per heavy atom. The molecular weight excluding hydrogens is 319 g/mol. The second kappa shape index (κ2) is 7.23. The zero-order chi connectivity index (χ0) is 17.6. The standard InChI is InChI=1S/C19H13FN4O/c20-14-4-2-6-16(10-14)24-19(25)18-11-17(7-8-22-18)23-15-5-1-3-13(9-15)12-21/h1-11H,(H,22,23)(H,24,25). The second-order valence-electron chi connectivity index (χ2n) is 5.21. The molecule has 0 fully saturated rings. The number of carbonyl (C=O) groups is 1. The molecule has 2 N–H and O–H groups in total. The molecule has 0 aliphatic rings. The molecule has 0 radical (unpaired) electrons. The molecule has 25 heavy (non-hydrogen) atoms. The van der Waals surface area contributed by atoms with Crippen molar-refractivity contribution in [2.45, 2.75) is 0 Å². The van der Waals surface area contributed by atoms with E-state index in [-0.39, 0.29) is 5.69 Å². The maximum absolute atomic E-state index is 13.2. The van der Waals surface area contributed by atoms with Gasteiger partial charge in [-0.05, 0) is 48.5 Å². The van der Waals surface area contributed by atoms with Crippen molar-refractivity contribution in [1.29, 1.82) is 5.26 Å². The third-order valence-electron chi connectivity index (χ3n) is 3.36. The summed E-state index contributed by atoms with van der Waals surface area (Å²) in [6.45, 7) is 0. The molecule has 0 aliphatic carbocycles. The summed E-state index contributed by atoms with van der Waals surface area (Å²) in [7, 11) is 0. The maximum atomic E-state index is 13.2. The Morgan fingerprint density at radius 1 is 1.00 bits per heavy atom. The maximum Gasteiger partial charge on any atom is 0.274 e. The Kier molecular flexibility index (Phi) is 4.67. The van der Waals surface area contributed by atoms with Gasteiger partial charge in [-0.25, -0.2) is 4.39 Å². The van der Waals surface area contributed by atoms with E-state index in [0.29, 0.717) is 16.9 Å². The first-order chi connectivity index (χ1) is 12.1. The van der Waals surface area contributed by atoms with Crippen LogP contribution in [-0.2, 0) is 0 Å². The fourth-order valence-electron chi connectivity index (χ4n) is 2.23. The largest absolute Gasteiger partial charge is 0.355 e. The molecule has 0 saturated heterocycles. The number of halogens is 1. The number of hydrogen-bond donors (Lipinski definition) is 2. The van der Waals surface area contributed by atoms with Crippen LogP contribution in [0, 0.1) is 17.1 Å². The molecule has 0 unspecified atom stereocenters. The molecule has 3 aromatic rings. The average Bonchev–Trinajstić information content (AvgIpc) is 2.62. The summed E-state index contributed by atoms with van der Waals surface area (Å²) in [6.07, 6.45) is 1.50. The van der Waals surface area contributed by atoms with Gasteiger partial charge in [0.05, 0.1) is 11.6 Å². The number of nitrogens with one attached hydrogen (secondary N) is 2. The van der Waals surface area contributed by atoms with Crippen LogP contribution in [0.25, 0.3) is 0 Å². The number of nitrogens with zero attached hydrogens (tertiary/aromatic N) is 2. The van der Waals surface area contributed by atoms with Crippen molar-refractivity contribution >= 4 is 23.0 Å². The Labute approximate surface area is 143 Å². The first-order valence-electron chi connectivity index (χ1n) is 7.44. The number of benzene rings is 2. The molecule has 2 aromatic carbocycles. The first kappa shape index (κ1) is 16.1. The molecule has 3 rings (SSSR count). The molecule has 1 aromatic heterocycles. The van der Waals surface area contributed by atoms with Gasteiger partial charge in [-0.2, -0.15) is 5.26 Å². The number of carbonyl (C=O) groups excluding carboxylic acids is 1. The summed E-state index contributed by atoms with van der Waals surface area (Å²) in [5, 5.41) is 14.6. The SMILES string of the molecule is N#Cc1cccc(Nc2ccnc(C(=O)Nc3cccc(F)c3)c2)c1. The number of hydrogen-bond acceptors (Lipinski definition) is 4. The van der Waals surface area contributed by atoms with Gasteiger partial charge >= 0.3 is 0 Å². The van der Waals surface area contributed by atoms with Gasteiger partial charge in [0, 0.05) is 23.3 Å². The van der Waals surface area contributed by atoms with E-state index in [2.05, 4.69) is 21.7 Å². The predicted octanol–water partition coefficient (Wildman–Crippen LogP) is 4.09. The molecule has 5 nitrogen and oxygen atoms in total. The van der Waals surface area contributed by atoms with Crippen LogP contribution >= 0.6 is 0 Å². The fourth-order valence-corrected chi connectivity index (χ4v) is 2.23. The summed E-state index contributed by atoms with van der Waals surface area (Å²) >= 11 is 0. The van der Waals surface area contributed by atoms with E-state index in [0.717, 1.165) is 5.69 Å². The third kappa shape index (κ3) is 4.18. The summed E-state index contributed by atoms with van der Waals surface area (Å²) in [5.74, 6) is -0.876. The second-order valence-corrected chi connectivity index (χ2v) is 5.21. The van der Waals surface area contributed by atoms with Gasteiger partial charge in [-0.3, -0.25) is 9.78 Å². The highest BCUT2D eigenvalue weighted by Crippen LogP contribution is 2.18. The molecule has 6 heteroatoms. The molecule has 0 spiro atoms. The summed E-state index contributed by atoms with van der Waals surface area (Å²) in [5.41, 5.74) is 2.44. The summed E-state index contributed by atoms with van der Waals surface area (Å²) < 4.78 is 13.2. The molecule has 1 amide bonds. The van der Waals surface area contributed by atoms with Crippen molar-refractivity contribution in [2.75, 3.05) is 10.6 Å². The lowest BCUT2D eigenvalue weighted by atomic mass is 10.2. The van der Waals surface area contributed by atoms with Crippen molar-refractivity contribution in [3.63, 3.8) is 0 Å². The van der Waals surface area contributed by atoms with E-state index in [1.54, 1.807) is 36.4 Å². The number of pyridine rings is 1. The van der Waals surface area contributed by atoms with Crippen LogP contribution in [0.4, 0.5) is 21.5 Å². The highest BCUT2D eigenvalue weighted by Gasteiger charge is 2.09. The van der Waals surface area contributed by atoms with E-state index in [1.807, 2.05) is 6.07 Å². The number of amides is 1. The Morgan fingerprint density at radius 3 is 2.56 bits per heavy atom. The van der Waals surface area contributed by atoms with E-state index < -0.39 is 11.7 Å². The van der Waals surface area contributed by atoms with Crippen LogP contribution in [-0.4, -0.2) is 10.9 Å². The number of rotatable bonds is 4. The first-order valence-corrected chi connectivity index (χ1v) is 7.44. The van der Waals surface area contributed by atoms with Gasteiger partial charge in [-0.1, -0.05) is 12.1 Å². The van der Waals surface area contributed by atoms with Crippen LogP contribution in [0.3, 0.4) is 0 Å². The zero-order valence-electron chi connectivity index (χ0n) is 13.0. The van der Waals surface area contributed by atoms with Crippen molar-refractivity contribution in [1.82, 2.24) is 4.98 Å². The van der Waals surface area contributed by atoms with Crippen LogP contribution in [0.1, 0.15) is 16.1 Å². The quantitative estimate of drug-likeness (QED) is 0.754. The van der Waals surface area contributed by atoms with E-state index in [9.17, 15) is 9.18 Å². The number of anilines is 3. The van der Waals surface area contributed by atoms with E-state index in [1.165, 1.54) is 24.4 Å². The van der Waals surface area contributed by atoms with Gasteiger partial charge in [-0.15, -0.1) is 0 Å². The van der Waals surface area contributed by atoms with E-state index in [4.69, 9.17) is 5.26 Å². The molecule has 1 heterocycles. The van der Waals surface area contributed by atoms with Crippen molar-refractivity contribution < 1.29 is 9.18 Å². The molecule has 0 saturated carbocycles. The fraction of sp³-hybridized carbons (Fsp3) is 0. The zero-order valence-corrected chi connectivity index (χ0v) is 13.0. The van der Waals surface area contributed by atoms with Crippen molar-refractivity contribution in [3.8, 4) is 6.07 Å². The van der Waals surface area contributed by atoms with Gasteiger partial charge in [0.1, 0.15) is 11.5 Å². The Balaban J connectivity index is 1.76. The number of aromatic nitrogens is 1. The average molecular weight is 332 g/mol. The minimum Gasteiger partial charge on any atom is -0.355 e. The molecule has 122 valence electrons. The Bertz CT molecular complexity index is 965.